The number of carbonyl (C=O) groups excluding carboxylic acids is 1. The molecule has 3 fully saturated rings. The Balaban J connectivity index is 0.000000666. The number of hydrogen-bond acceptors (Lipinski definition) is 5. The van der Waals surface area contributed by atoms with Crippen LogP contribution in [0.1, 0.15) is 65.7 Å². The first-order valence-electron chi connectivity index (χ1n) is 9.98. The molecule has 3 aliphatic carbocycles. The molecule has 0 aromatic rings. The van der Waals surface area contributed by atoms with Crippen molar-refractivity contribution in [3.05, 3.63) is 12.2 Å². The monoisotopic (exact) mass is 384 g/mol. The Morgan fingerprint density at radius 1 is 1.22 bits per heavy atom. The van der Waals surface area contributed by atoms with Crippen molar-refractivity contribution in [3.8, 4) is 0 Å². The molecular formula is C21H40N2O4. The minimum absolute atomic E-state index is 0. The highest BCUT2D eigenvalue weighted by molar-refractivity contribution is 5.60. The van der Waals surface area contributed by atoms with E-state index in [-0.39, 0.29) is 29.2 Å². The van der Waals surface area contributed by atoms with E-state index in [1.165, 1.54) is 5.57 Å². The van der Waals surface area contributed by atoms with Crippen LogP contribution < -0.4 is 17.0 Å². The number of carbonyl (C=O) groups is 1. The number of hydrogen-bond donors (Lipinski definition) is 4. The van der Waals surface area contributed by atoms with Gasteiger partial charge in [0.1, 0.15) is 0 Å². The van der Waals surface area contributed by atoms with Crippen LogP contribution in [0.5, 0.6) is 0 Å². The molecule has 0 bridgehead atoms. The number of aliphatic hydroxyl groups is 2. The topological polar surface area (TPSA) is 143 Å². The van der Waals surface area contributed by atoms with Crippen molar-refractivity contribution in [1.29, 1.82) is 0 Å². The molecule has 158 valence electrons. The molecule has 27 heavy (non-hydrogen) atoms. The van der Waals surface area contributed by atoms with Crippen LogP contribution >= 0.6 is 0 Å². The summed E-state index contributed by atoms with van der Waals surface area (Å²) in [6.45, 7) is 10.5. The minimum Gasteiger partial charge on any atom is -0.550 e. The largest absolute Gasteiger partial charge is 0.550 e. The third-order valence-corrected chi connectivity index (χ3v) is 7.82. The van der Waals surface area contributed by atoms with Gasteiger partial charge in [-0.2, -0.15) is 0 Å². The number of carboxylic acid groups (broad SMARTS) is 1. The standard InChI is InChI=1S/C19H33NO2.C2H4O2.H3N/c1-12-4-5-15-17(22)16(7-9-18(12,15)2)19(3)8-6-14(21)10-13(19)11-20;1-2(3)4;/h13-17,21-22H,1,4-11,20H2,2-3H3;1H3,(H,3,4);1H3/t13-,14+,15?,16?,17-,18+,19+;;/m1../s1. The molecule has 2 unspecified atom stereocenters. The van der Waals surface area contributed by atoms with Gasteiger partial charge in [-0.05, 0) is 87.0 Å². The van der Waals surface area contributed by atoms with Crippen molar-refractivity contribution >= 4 is 5.97 Å². The van der Waals surface area contributed by atoms with Crippen LogP contribution in [-0.2, 0) is 4.79 Å². The third-order valence-electron chi connectivity index (χ3n) is 7.82. The van der Waals surface area contributed by atoms with Gasteiger partial charge in [0.25, 0.3) is 0 Å². The lowest BCUT2D eigenvalue weighted by Crippen LogP contribution is -2.54. The molecule has 0 aromatic carbocycles. The lowest BCUT2D eigenvalue weighted by molar-refractivity contribution is -0.302. The van der Waals surface area contributed by atoms with Crippen LogP contribution in [-0.4, -0.2) is 34.9 Å². The Bertz CT molecular complexity index is 536. The zero-order chi connectivity index (χ0) is 19.7. The number of aliphatic carboxylic acids is 1. The Morgan fingerprint density at radius 2 is 1.81 bits per heavy atom. The minimum atomic E-state index is -1.08. The molecule has 0 heterocycles. The van der Waals surface area contributed by atoms with Gasteiger partial charge >= 0.3 is 0 Å². The first-order chi connectivity index (χ1) is 12.1. The molecular weight excluding hydrogens is 344 g/mol. The molecule has 8 N–H and O–H groups in total. The lowest BCUT2D eigenvalue weighted by atomic mass is 9.52. The van der Waals surface area contributed by atoms with Crippen LogP contribution in [0, 0.1) is 28.6 Å². The van der Waals surface area contributed by atoms with Gasteiger partial charge in [-0.1, -0.05) is 26.0 Å². The number of carboxylic acids is 1. The fraction of sp³-hybridized carbons (Fsp3) is 0.857. The summed E-state index contributed by atoms with van der Waals surface area (Å²) in [6.07, 6.45) is 6.55. The number of fused-ring (bicyclic) bond motifs is 1. The van der Waals surface area contributed by atoms with E-state index < -0.39 is 5.97 Å². The van der Waals surface area contributed by atoms with Gasteiger partial charge in [0.15, 0.2) is 0 Å². The number of nitrogens with two attached hydrogens (primary N) is 1. The number of quaternary nitrogens is 1. The van der Waals surface area contributed by atoms with Crippen molar-refractivity contribution < 1.29 is 20.1 Å². The molecule has 6 heteroatoms. The maximum Gasteiger partial charge on any atom is 0.0610 e. The van der Waals surface area contributed by atoms with Gasteiger partial charge in [-0.3, -0.25) is 0 Å². The zero-order valence-corrected chi connectivity index (χ0v) is 17.5. The Kier molecular flexibility index (Phi) is 8.06. The molecule has 0 spiro atoms. The van der Waals surface area contributed by atoms with Crippen LogP contribution in [0.25, 0.3) is 0 Å². The maximum atomic E-state index is 11.2. The second kappa shape index (κ2) is 9.03. The second-order valence-electron chi connectivity index (χ2n) is 9.16. The summed E-state index contributed by atoms with van der Waals surface area (Å²) in [5.74, 6) is -0.0803. The van der Waals surface area contributed by atoms with Gasteiger partial charge in [0, 0.05) is 5.97 Å². The maximum absolute atomic E-state index is 11.2. The molecule has 0 aliphatic heterocycles. The van der Waals surface area contributed by atoms with Crippen LogP contribution in [0.2, 0.25) is 0 Å². The summed E-state index contributed by atoms with van der Waals surface area (Å²) in [5, 5.41) is 30.1. The molecule has 7 atom stereocenters. The molecule has 0 saturated heterocycles. The Morgan fingerprint density at radius 3 is 2.37 bits per heavy atom. The van der Waals surface area contributed by atoms with E-state index >= 15 is 0 Å². The fourth-order valence-corrected chi connectivity index (χ4v) is 5.98. The van der Waals surface area contributed by atoms with Crippen molar-refractivity contribution in [2.24, 2.45) is 34.3 Å². The average molecular weight is 385 g/mol. The summed E-state index contributed by atoms with van der Waals surface area (Å²) in [6, 6.07) is 0. The summed E-state index contributed by atoms with van der Waals surface area (Å²) < 4.78 is 0. The van der Waals surface area contributed by atoms with E-state index in [2.05, 4.69) is 20.4 Å². The predicted molar refractivity (Wildman–Crippen MR) is 106 cm³/mol. The van der Waals surface area contributed by atoms with E-state index in [1.54, 1.807) is 0 Å². The van der Waals surface area contributed by atoms with Gasteiger partial charge in [-0.25, -0.2) is 0 Å². The molecule has 3 rings (SSSR count). The van der Waals surface area contributed by atoms with Crippen LogP contribution in [0.4, 0.5) is 0 Å². The van der Waals surface area contributed by atoms with Crippen LogP contribution in [0.15, 0.2) is 12.2 Å². The van der Waals surface area contributed by atoms with Crippen molar-refractivity contribution in [1.82, 2.24) is 6.15 Å². The highest BCUT2D eigenvalue weighted by Gasteiger charge is 2.56. The normalized spacial score (nSPS) is 43.8. The van der Waals surface area contributed by atoms with E-state index in [1.807, 2.05) is 0 Å². The smallest absolute Gasteiger partial charge is 0.0610 e. The molecule has 0 aromatic heterocycles. The third kappa shape index (κ3) is 4.56. The highest BCUT2D eigenvalue weighted by Crippen LogP contribution is 2.61. The molecule has 3 aliphatic rings. The summed E-state index contributed by atoms with van der Waals surface area (Å²) in [5.41, 5.74) is 7.59. The van der Waals surface area contributed by atoms with E-state index in [0.29, 0.717) is 24.3 Å². The van der Waals surface area contributed by atoms with E-state index in [0.717, 1.165) is 51.9 Å². The summed E-state index contributed by atoms with van der Waals surface area (Å²) >= 11 is 0. The lowest BCUT2D eigenvalue weighted by Gasteiger charge is -2.55. The van der Waals surface area contributed by atoms with Gasteiger partial charge in [0.05, 0.1) is 12.2 Å². The zero-order valence-electron chi connectivity index (χ0n) is 17.5. The summed E-state index contributed by atoms with van der Waals surface area (Å²) in [7, 11) is 0. The first kappa shape index (κ1) is 24.1. The predicted octanol–water partition coefficient (Wildman–Crippen LogP) is 1.99. The molecule has 0 radical (unpaired) electrons. The van der Waals surface area contributed by atoms with E-state index in [4.69, 9.17) is 15.6 Å². The highest BCUT2D eigenvalue weighted by atomic mass is 16.4. The van der Waals surface area contributed by atoms with Crippen LogP contribution in [0.3, 0.4) is 0 Å². The quantitative estimate of drug-likeness (QED) is 0.538. The van der Waals surface area contributed by atoms with Gasteiger partial charge in [0.2, 0.25) is 0 Å². The number of allylic oxidation sites excluding steroid dienone is 1. The fourth-order valence-electron chi connectivity index (χ4n) is 5.98. The van der Waals surface area contributed by atoms with Crippen molar-refractivity contribution in [3.63, 3.8) is 0 Å². The average Bonchev–Trinajstić information content (AvgIpc) is 2.86. The van der Waals surface area contributed by atoms with Crippen molar-refractivity contribution in [2.75, 3.05) is 6.54 Å². The molecule has 6 nitrogen and oxygen atoms in total. The van der Waals surface area contributed by atoms with E-state index in [9.17, 15) is 10.2 Å². The summed E-state index contributed by atoms with van der Waals surface area (Å²) in [4.78, 5) is 8.89. The number of aliphatic hydroxyl groups excluding tert-OH is 2. The second-order valence-corrected chi connectivity index (χ2v) is 9.16. The van der Waals surface area contributed by atoms with Gasteiger partial charge in [-0.15, -0.1) is 0 Å². The van der Waals surface area contributed by atoms with Gasteiger partial charge < -0.3 is 32.0 Å². The number of rotatable bonds is 2. The first-order valence-corrected chi connectivity index (χ1v) is 9.98. The molecule has 3 saturated carbocycles. The SMILES string of the molecule is C=C1CCC2[C@@H](O)C([C@@]3(C)CC[C@H](O)C[C@@H]3CN)CC[C@@]12C.CC(=O)[O-].[NH4+]. The van der Waals surface area contributed by atoms with Crippen molar-refractivity contribution in [2.45, 2.75) is 77.9 Å². The Labute approximate surface area is 163 Å². The Hall–Kier alpha value is -0.950. The molecule has 0 amide bonds.